The summed E-state index contributed by atoms with van der Waals surface area (Å²) in [5.41, 5.74) is 6.69. The Kier molecular flexibility index (Phi) is 4.23. The summed E-state index contributed by atoms with van der Waals surface area (Å²) in [5.74, 6) is -0.599. The zero-order chi connectivity index (χ0) is 13.1. The molecule has 0 fully saturated rings. The lowest BCUT2D eigenvalue weighted by Crippen LogP contribution is -2.42. The number of nitrogens with two attached hydrogens (primary N) is 1. The molecule has 3 N–H and O–H groups in total. The van der Waals surface area contributed by atoms with Crippen molar-refractivity contribution < 1.29 is 9.18 Å². The fourth-order valence-electron chi connectivity index (χ4n) is 1.66. The first-order valence-electron chi connectivity index (χ1n) is 5.58. The van der Waals surface area contributed by atoms with E-state index < -0.39 is 0 Å². The van der Waals surface area contributed by atoms with Crippen molar-refractivity contribution in [3.63, 3.8) is 0 Å². The van der Waals surface area contributed by atoms with E-state index >= 15 is 0 Å². The Bertz CT molecular complexity index is 416. The van der Waals surface area contributed by atoms with Crippen LogP contribution in [0.4, 0.5) is 4.39 Å². The number of benzene rings is 1. The minimum absolute atomic E-state index is 0.250. The van der Waals surface area contributed by atoms with Crippen LogP contribution in [-0.4, -0.2) is 11.4 Å². The molecule has 0 aliphatic heterocycles. The highest BCUT2D eigenvalue weighted by Crippen LogP contribution is 2.13. The van der Waals surface area contributed by atoms with Crippen LogP contribution in [0.2, 0.25) is 0 Å². The van der Waals surface area contributed by atoms with Gasteiger partial charge in [-0.25, -0.2) is 4.39 Å². The number of carbonyl (C=O) groups is 1. The van der Waals surface area contributed by atoms with Gasteiger partial charge < -0.3 is 11.1 Å². The molecule has 1 amide bonds. The molecule has 0 unspecified atom stereocenters. The van der Waals surface area contributed by atoms with E-state index in [2.05, 4.69) is 5.32 Å². The lowest BCUT2D eigenvalue weighted by Gasteiger charge is -2.25. The van der Waals surface area contributed by atoms with Gasteiger partial charge in [0.1, 0.15) is 5.82 Å². The van der Waals surface area contributed by atoms with Crippen LogP contribution in [0.25, 0.3) is 0 Å². The Hall–Kier alpha value is -1.42. The average molecular weight is 238 g/mol. The summed E-state index contributed by atoms with van der Waals surface area (Å²) in [7, 11) is 0. The maximum absolute atomic E-state index is 13.1. The monoisotopic (exact) mass is 238 g/mol. The molecule has 4 heteroatoms. The van der Waals surface area contributed by atoms with E-state index in [-0.39, 0.29) is 23.7 Å². The lowest BCUT2D eigenvalue weighted by atomic mass is 9.99. The Labute approximate surface area is 101 Å². The summed E-state index contributed by atoms with van der Waals surface area (Å²) in [5, 5.41) is 3.21. The van der Waals surface area contributed by atoms with Crippen LogP contribution in [-0.2, 0) is 11.3 Å². The Morgan fingerprint density at radius 3 is 2.71 bits per heavy atom. The van der Waals surface area contributed by atoms with Crippen LogP contribution in [0.3, 0.4) is 0 Å². The first-order chi connectivity index (χ1) is 7.80. The topological polar surface area (TPSA) is 55.1 Å². The zero-order valence-electron chi connectivity index (χ0n) is 10.5. The van der Waals surface area contributed by atoms with Gasteiger partial charge in [0.05, 0.1) is 0 Å². The Balaban J connectivity index is 2.66. The molecule has 0 aliphatic carbocycles. The van der Waals surface area contributed by atoms with Crippen LogP contribution >= 0.6 is 0 Å². The van der Waals surface area contributed by atoms with Gasteiger partial charge in [0.15, 0.2) is 0 Å². The Morgan fingerprint density at radius 1 is 1.47 bits per heavy atom. The van der Waals surface area contributed by atoms with Crippen molar-refractivity contribution in [2.45, 2.75) is 39.3 Å². The fraction of sp³-hybridized carbons (Fsp3) is 0.462. The van der Waals surface area contributed by atoms with Gasteiger partial charge >= 0.3 is 0 Å². The molecule has 1 aromatic carbocycles. The highest BCUT2D eigenvalue weighted by Gasteiger charge is 2.19. The number of primary amides is 1. The zero-order valence-corrected chi connectivity index (χ0v) is 10.5. The van der Waals surface area contributed by atoms with Gasteiger partial charge in [-0.2, -0.15) is 0 Å². The molecule has 0 spiro atoms. The summed E-state index contributed by atoms with van der Waals surface area (Å²) in [6.07, 6.45) is 0.251. The predicted octanol–water partition coefficient (Wildman–Crippen LogP) is 1.88. The number of carbonyl (C=O) groups excluding carboxylic acids is 1. The number of aryl methyl sites for hydroxylation is 1. The minimum atomic E-state index is -0.384. The summed E-state index contributed by atoms with van der Waals surface area (Å²) in [4.78, 5) is 10.9. The molecule has 0 bridgehead atoms. The van der Waals surface area contributed by atoms with E-state index in [1.807, 2.05) is 20.8 Å². The molecule has 0 saturated carbocycles. The van der Waals surface area contributed by atoms with Crippen LogP contribution in [0.1, 0.15) is 31.4 Å². The van der Waals surface area contributed by atoms with Crippen molar-refractivity contribution >= 4 is 5.91 Å². The van der Waals surface area contributed by atoms with Gasteiger partial charge in [0, 0.05) is 18.5 Å². The van der Waals surface area contributed by atoms with Crippen LogP contribution in [0, 0.1) is 12.7 Å². The van der Waals surface area contributed by atoms with E-state index in [0.29, 0.717) is 6.54 Å². The van der Waals surface area contributed by atoms with Gasteiger partial charge in [-0.1, -0.05) is 6.07 Å². The maximum atomic E-state index is 13.1. The molecular weight excluding hydrogens is 219 g/mol. The average Bonchev–Trinajstić information content (AvgIpc) is 2.17. The van der Waals surface area contributed by atoms with E-state index in [1.54, 1.807) is 6.07 Å². The standard InChI is InChI=1S/C13H19FN2O/c1-9-4-5-11(14)6-10(9)8-16-13(2,3)7-12(15)17/h4-6,16H,7-8H2,1-3H3,(H2,15,17). The molecule has 0 aromatic heterocycles. The third-order valence-electron chi connectivity index (χ3n) is 2.68. The van der Waals surface area contributed by atoms with E-state index in [1.165, 1.54) is 12.1 Å². The highest BCUT2D eigenvalue weighted by atomic mass is 19.1. The first-order valence-corrected chi connectivity index (χ1v) is 5.58. The van der Waals surface area contributed by atoms with Crippen molar-refractivity contribution in [3.8, 4) is 0 Å². The molecule has 94 valence electrons. The van der Waals surface area contributed by atoms with Crippen molar-refractivity contribution in [1.82, 2.24) is 5.32 Å². The largest absolute Gasteiger partial charge is 0.370 e. The molecule has 0 atom stereocenters. The normalized spacial score (nSPS) is 11.5. The summed E-state index contributed by atoms with van der Waals surface area (Å²) in [6, 6.07) is 4.68. The van der Waals surface area contributed by atoms with E-state index in [4.69, 9.17) is 5.73 Å². The number of rotatable bonds is 5. The molecule has 0 saturated heterocycles. The second-order valence-electron chi connectivity index (χ2n) is 4.95. The second kappa shape index (κ2) is 5.27. The molecule has 0 radical (unpaired) electrons. The van der Waals surface area contributed by atoms with E-state index in [0.717, 1.165) is 11.1 Å². The Morgan fingerprint density at radius 2 is 2.12 bits per heavy atom. The van der Waals surface area contributed by atoms with Crippen LogP contribution < -0.4 is 11.1 Å². The molecule has 1 rings (SSSR count). The first kappa shape index (κ1) is 13.6. The smallest absolute Gasteiger partial charge is 0.219 e. The van der Waals surface area contributed by atoms with Gasteiger partial charge in [-0.05, 0) is 44.0 Å². The van der Waals surface area contributed by atoms with Gasteiger partial charge in [-0.15, -0.1) is 0 Å². The molecular formula is C13H19FN2O. The predicted molar refractivity (Wildman–Crippen MR) is 65.9 cm³/mol. The molecule has 0 heterocycles. The van der Waals surface area contributed by atoms with Crippen LogP contribution in [0.5, 0.6) is 0 Å². The number of hydrogen-bond acceptors (Lipinski definition) is 2. The van der Waals surface area contributed by atoms with Crippen molar-refractivity contribution in [2.75, 3.05) is 0 Å². The van der Waals surface area contributed by atoms with Crippen molar-refractivity contribution in [3.05, 3.63) is 35.1 Å². The van der Waals surface area contributed by atoms with E-state index in [9.17, 15) is 9.18 Å². The highest BCUT2D eigenvalue weighted by molar-refractivity contribution is 5.74. The second-order valence-corrected chi connectivity index (χ2v) is 4.95. The van der Waals surface area contributed by atoms with Crippen LogP contribution in [0.15, 0.2) is 18.2 Å². The summed E-state index contributed by atoms with van der Waals surface area (Å²) >= 11 is 0. The quantitative estimate of drug-likeness (QED) is 0.823. The molecule has 0 aliphatic rings. The molecule has 1 aromatic rings. The molecule has 3 nitrogen and oxygen atoms in total. The SMILES string of the molecule is Cc1ccc(F)cc1CNC(C)(C)CC(N)=O. The van der Waals surface area contributed by atoms with Gasteiger partial charge in [-0.3, -0.25) is 4.79 Å². The van der Waals surface area contributed by atoms with Gasteiger partial charge in [0.2, 0.25) is 5.91 Å². The minimum Gasteiger partial charge on any atom is -0.370 e. The number of amides is 1. The molecule has 17 heavy (non-hydrogen) atoms. The van der Waals surface area contributed by atoms with Crippen molar-refractivity contribution in [2.24, 2.45) is 5.73 Å². The number of nitrogens with one attached hydrogen (secondary N) is 1. The summed E-state index contributed by atoms with van der Waals surface area (Å²) in [6.45, 7) is 6.24. The number of halogens is 1. The lowest BCUT2D eigenvalue weighted by molar-refractivity contribution is -0.119. The van der Waals surface area contributed by atoms with Crippen molar-refractivity contribution in [1.29, 1.82) is 0 Å². The number of hydrogen-bond donors (Lipinski definition) is 2. The van der Waals surface area contributed by atoms with Gasteiger partial charge in [0.25, 0.3) is 0 Å². The fourth-order valence-corrected chi connectivity index (χ4v) is 1.66. The maximum Gasteiger partial charge on any atom is 0.219 e. The third kappa shape index (κ3) is 4.53. The summed E-state index contributed by atoms with van der Waals surface area (Å²) < 4.78 is 13.1. The third-order valence-corrected chi connectivity index (χ3v) is 2.68.